The predicted molar refractivity (Wildman–Crippen MR) is 56.8 cm³/mol. The number of para-hydroxylation sites is 1. The third kappa shape index (κ3) is 2.07. The Morgan fingerprint density at radius 1 is 0.929 bits per heavy atom. The number of hydrogen-bond donors (Lipinski definition) is 0. The van der Waals surface area contributed by atoms with Crippen molar-refractivity contribution >= 4 is 45.7 Å². The summed E-state index contributed by atoms with van der Waals surface area (Å²) in [6.45, 7) is 0. The summed E-state index contributed by atoms with van der Waals surface area (Å²) in [5.74, 6) is 0. The third-order valence-corrected chi connectivity index (χ3v) is 2.96. The van der Waals surface area contributed by atoms with Gasteiger partial charge in [-0.15, -0.1) is 0 Å². The maximum Gasteiger partial charge on any atom is 0.149 e. The Bertz CT molecular complexity index is 473. The molecule has 0 saturated heterocycles. The van der Waals surface area contributed by atoms with Crippen LogP contribution in [0.4, 0.5) is 0 Å². The summed E-state index contributed by atoms with van der Waals surface area (Å²) in [4.78, 5) is 4.09. The van der Waals surface area contributed by atoms with Crippen LogP contribution in [-0.2, 0) is 21.7 Å². The minimum atomic E-state index is 0. The van der Waals surface area contributed by atoms with Crippen molar-refractivity contribution in [1.82, 2.24) is 4.98 Å². The first-order chi connectivity index (χ1) is 6.20. The topological polar surface area (TPSA) is 12.9 Å². The summed E-state index contributed by atoms with van der Waals surface area (Å²) >= 11 is 17.6. The summed E-state index contributed by atoms with van der Waals surface area (Å²) in [5, 5.41) is 1.82. The van der Waals surface area contributed by atoms with Crippen LogP contribution in [0.2, 0.25) is 15.2 Å². The van der Waals surface area contributed by atoms with Crippen LogP contribution in [0.25, 0.3) is 10.9 Å². The average molecular weight is 280 g/mol. The number of hydrogen-bond acceptors (Lipinski definition) is 1. The second-order valence-electron chi connectivity index (χ2n) is 2.55. The average Bonchev–Trinajstić information content (AvgIpc) is 2.15. The van der Waals surface area contributed by atoms with Crippen LogP contribution < -0.4 is 0 Å². The van der Waals surface area contributed by atoms with Crippen LogP contribution in [-0.4, -0.2) is 4.98 Å². The zero-order valence-electron chi connectivity index (χ0n) is 6.89. The number of aromatic nitrogens is 1. The Kier molecular flexibility index (Phi) is 4.23. The van der Waals surface area contributed by atoms with Crippen molar-refractivity contribution in [3.8, 4) is 0 Å². The van der Waals surface area contributed by atoms with Gasteiger partial charge in [0.15, 0.2) is 0 Å². The van der Waals surface area contributed by atoms with E-state index in [2.05, 4.69) is 4.98 Å². The molecule has 0 radical (unpaired) electrons. The fourth-order valence-corrected chi connectivity index (χ4v) is 1.75. The molecule has 0 aliphatic rings. The van der Waals surface area contributed by atoms with Crippen molar-refractivity contribution in [2.24, 2.45) is 0 Å². The Hall–Kier alpha value is 0.214. The largest absolute Gasteiger partial charge is 0.234 e. The Labute approximate surface area is 111 Å². The van der Waals surface area contributed by atoms with E-state index < -0.39 is 0 Å². The molecule has 14 heavy (non-hydrogen) atoms. The van der Waals surface area contributed by atoms with Crippen LogP contribution >= 0.6 is 34.8 Å². The molecular formula is C9H4Cl3NTi. The van der Waals surface area contributed by atoms with Gasteiger partial charge in [0.2, 0.25) is 0 Å². The molecule has 0 aliphatic heterocycles. The first-order valence-electron chi connectivity index (χ1n) is 3.59. The van der Waals surface area contributed by atoms with Gasteiger partial charge in [-0.1, -0.05) is 53.0 Å². The Morgan fingerprint density at radius 2 is 1.57 bits per heavy atom. The van der Waals surface area contributed by atoms with Crippen molar-refractivity contribution < 1.29 is 21.7 Å². The van der Waals surface area contributed by atoms with E-state index in [0.29, 0.717) is 10.0 Å². The molecule has 2 rings (SSSR count). The molecule has 2 aromatic rings. The molecule has 1 aromatic carbocycles. The van der Waals surface area contributed by atoms with Gasteiger partial charge in [0.25, 0.3) is 0 Å². The maximum atomic E-state index is 5.97. The van der Waals surface area contributed by atoms with Crippen molar-refractivity contribution in [1.29, 1.82) is 0 Å². The molecule has 70 valence electrons. The van der Waals surface area contributed by atoms with Crippen molar-refractivity contribution in [3.63, 3.8) is 0 Å². The number of rotatable bonds is 0. The third-order valence-electron chi connectivity index (χ3n) is 1.73. The molecule has 0 amide bonds. The van der Waals surface area contributed by atoms with Crippen LogP contribution in [0.3, 0.4) is 0 Å². The summed E-state index contributed by atoms with van der Waals surface area (Å²) in [6.07, 6.45) is 0. The van der Waals surface area contributed by atoms with E-state index in [1.165, 1.54) is 0 Å². The second-order valence-corrected chi connectivity index (χ2v) is 3.66. The van der Waals surface area contributed by atoms with Gasteiger partial charge < -0.3 is 0 Å². The van der Waals surface area contributed by atoms with E-state index in [-0.39, 0.29) is 26.9 Å². The fraction of sp³-hybridized carbons (Fsp3) is 0. The monoisotopic (exact) mass is 279 g/mol. The quantitative estimate of drug-likeness (QED) is 0.521. The summed E-state index contributed by atoms with van der Waals surface area (Å²) in [5.41, 5.74) is 0.752. The Morgan fingerprint density at radius 3 is 2.29 bits per heavy atom. The van der Waals surface area contributed by atoms with Crippen molar-refractivity contribution in [2.75, 3.05) is 0 Å². The van der Waals surface area contributed by atoms with E-state index in [0.717, 1.165) is 10.9 Å². The van der Waals surface area contributed by atoms with Gasteiger partial charge in [0, 0.05) is 27.1 Å². The minimum Gasteiger partial charge on any atom is -0.234 e. The van der Waals surface area contributed by atoms with E-state index >= 15 is 0 Å². The molecule has 0 spiro atoms. The number of benzene rings is 1. The van der Waals surface area contributed by atoms with Crippen molar-refractivity contribution in [3.05, 3.63) is 39.5 Å². The van der Waals surface area contributed by atoms with Crippen LogP contribution in [0.1, 0.15) is 0 Å². The smallest absolute Gasteiger partial charge is 0.149 e. The van der Waals surface area contributed by atoms with Gasteiger partial charge in [-0.3, -0.25) is 0 Å². The van der Waals surface area contributed by atoms with Gasteiger partial charge in [-0.05, 0) is 6.07 Å². The molecule has 0 N–H and O–H groups in total. The molecular weight excluding hydrogens is 276 g/mol. The zero-order chi connectivity index (χ0) is 9.42. The Balaban J connectivity index is 0.000000980. The number of nitrogens with zero attached hydrogens (tertiary/aromatic N) is 1. The van der Waals surface area contributed by atoms with Gasteiger partial charge in [0.1, 0.15) is 5.15 Å². The second kappa shape index (κ2) is 4.82. The molecule has 0 atom stereocenters. The fourth-order valence-electron chi connectivity index (χ4n) is 1.12. The molecule has 1 nitrogen and oxygen atoms in total. The first-order valence-corrected chi connectivity index (χ1v) is 4.73. The van der Waals surface area contributed by atoms with E-state index in [1.807, 2.05) is 24.3 Å². The summed E-state index contributed by atoms with van der Waals surface area (Å²) in [7, 11) is 0. The van der Waals surface area contributed by atoms with Gasteiger partial charge in [-0.25, -0.2) is 4.98 Å². The molecule has 0 aliphatic carbocycles. The van der Waals surface area contributed by atoms with Gasteiger partial charge >= 0.3 is 0 Å². The molecule has 1 heterocycles. The molecule has 0 fully saturated rings. The van der Waals surface area contributed by atoms with E-state index in [4.69, 9.17) is 34.8 Å². The molecule has 0 bridgehead atoms. The number of halogens is 3. The predicted octanol–water partition coefficient (Wildman–Crippen LogP) is 4.19. The van der Waals surface area contributed by atoms with Crippen LogP contribution in [0.15, 0.2) is 24.3 Å². The van der Waals surface area contributed by atoms with E-state index in [9.17, 15) is 0 Å². The van der Waals surface area contributed by atoms with E-state index in [1.54, 1.807) is 0 Å². The maximum absolute atomic E-state index is 5.97. The molecule has 5 heteroatoms. The minimum absolute atomic E-state index is 0. The summed E-state index contributed by atoms with van der Waals surface area (Å²) < 4.78 is 0. The normalized spacial score (nSPS) is 9.93. The molecule has 0 unspecified atom stereocenters. The molecule has 0 saturated carbocycles. The number of fused-ring (bicyclic) bond motifs is 1. The van der Waals surface area contributed by atoms with Gasteiger partial charge in [-0.2, -0.15) is 0 Å². The first kappa shape index (κ1) is 12.3. The molecule has 1 aromatic heterocycles. The van der Waals surface area contributed by atoms with Crippen LogP contribution in [0.5, 0.6) is 0 Å². The standard InChI is InChI=1S/C9H4Cl3N.Ti/c10-7-5-3-1-2-4-6(5)13-9(12)8(7)11;/h1-4H;. The zero-order valence-corrected chi connectivity index (χ0v) is 10.7. The number of pyridine rings is 1. The SMILES string of the molecule is Clc1nc2ccccc2c(Cl)c1Cl.[Ti]. The van der Waals surface area contributed by atoms with Crippen LogP contribution in [0, 0.1) is 0 Å². The van der Waals surface area contributed by atoms with Crippen molar-refractivity contribution in [2.45, 2.75) is 0 Å². The van der Waals surface area contributed by atoms with Gasteiger partial charge in [0.05, 0.1) is 15.6 Å². The summed E-state index contributed by atoms with van der Waals surface area (Å²) in [6, 6.07) is 7.44.